The molecule has 1 nitrogen and oxygen atoms in total. The molecule has 1 saturated heterocycles. The van der Waals surface area contributed by atoms with Gasteiger partial charge in [0.05, 0.1) is 9.33 Å². The second-order valence-electron chi connectivity index (χ2n) is 2.79. The van der Waals surface area contributed by atoms with Crippen LogP contribution in [0, 0.1) is 0 Å². The lowest BCUT2D eigenvalue weighted by molar-refractivity contribution is 0.783. The molecule has 0 amide bonds. The molecule has 54 valence electrons. The first kappa shape index (κ1) is 6.83. The van der Waals surface area contributed by atoms with Gasteiger partial charge in [-0.05, 0) is 35.0 Å². The van der Waals surface area contributed by atoms with Crippen molar-refractivity contribution in [2.24, 2.45) is 0 Å². The Kier molecular flexibility index (Phi) is 1.41. The second-order valence-corrected chi connectivity index (χ2v) is 5.25. The fourth-order valence-electron chi connectivity index (χ4n) is 0.918. The highest BCUT2D eigenvalue weighted by molar-refractivity contribution is 9.11. The van der Waals surface area contributed by atoms with Crippen molar-refractivity contribution in [3.05, 3.63) is 20.8 Å². The van der Waals surface area contributed by atoms with E-state index in [-0.39, 0.29) is 0 Å². The summed E-state index contributed by atoms with van der Waals surface area (Å²) in [5, 5.41) is 3.33. The van der Waals surface area contributed by atoms with Crippen LogP contribution >= 0.6 is 27.3 Å². The minimum Gasteiger partial charge on any atom is -0.304 e. The molecule has 0 aliphatic carbocycles. The van der Waals surface area contributed by atoms with Gasteiger partial charge in [0.25, 0.3) is 0 Å². The van der Waals surface area contributed by atoms with Crippen molar-refractivity contribution < 1.29 is 0 Å². The Hall–Kier alpha value is 0.140. The van der Waals surface area contributed by atoms with E-state index < -0.39 is 0 Å². The largest absolute Gasteiger partial charge is 0.304 e. The zero-order chi connectivity index (χ0) is 7.19. The van der Waals surface area contributed by atoms with Crippen LogP contribution in [0.15, 0.2) is 15.9 Å². The van der Waals surface area contributed by atoms with E-state index >= 15 is 0 Å². The first-order valence-electron chi connectivity index (χ1n) is 3.22. The van der Waals surface area contributed by atoms with Crippen LogP contribution in [0.2, 0.25) is 0 Å². The zero-order valence-electron chi connectivity index (χ0n) is 5.65. The lowest BCUT2D eigenvalue weighted by atomic mass is 10.1. The summed E-state index contributed by atoms with van der Waals surface area (Å²) in [6, 6.07) is 4.28. The molecule has 0 radical (unpaired) electrons. The summed E-state index contributed by atoms with van der Waals surface area (Å²) in [4.78, 5) is 1.43. The third-order valence-corrected chi connectivity index (χ3v) is 3.71. The third-order valence-electron chi connectivity index (χ3n) is 1.82. The minimum atomic E-state index is 0.302. The van der Waals surface area contributed by atoms with E-state index in [9.17, 15) is 0 Å². The van der Waals surface area contributed by atoms with E-state index in [2.05, 4.69) is 40.3 Å². The summed E-state index contributed by atoms with van der Waals surface area (Å²) < 4.78 is 1.22. The number of hydrogen-bond acceptors (Lipinski definition) is 2. The van der Waals surface area contributed by atoms with Crippen molar-refractivity contribution in [3.63, 3.8) is 0 Å². The minimum absolute atomic E-state index is 0.302. The Morgan fingerprint density at radius 1 is 1.70 bits per heavy atom. The number of halogens is 1. The first-order valence-corrected chi connectivity index (χ1v) is 4.82. The molecule has 1 aromatic rings. The van der Waals surface area contributed by atoms with Crippen LogP contribution in [0.4, 0.5) is 0 Å². The van der Waals surface area contributed by atoms with E-state index in [0.717, 1.165) is 6.54 Å². The van der Waals surface area contributed by atoms with Crippen LogP contribution in [-0.4, -0.2) is 6.54 Å². The first-order chi connectivity index (χ1) is 4.71. The molecule has 1 N–H and O–H groups in total. The highest BCUT2D eigenvalue weighted by Gasteiger charge is 2.39. The Morgan fingerprint density at radius 3 is 2.80 bits per heavy atom. The van der Waals surface area contributed by atoms with Crippen LogP contribution in [-0.2, 0) is 5.54 Å². The van der Waals surface area contributed by atoms with Crippen molar-refractivity contribution in [2.45, 2.75) is 12.5 Å². The second kappa shape index (κ2) is 2.06. The monoisotopic (exact) mass is 217 g/mol. The van der Waals surface area contributed by atoms with Crippen molar-refractivity contribution in [1.29, 1.82) is 0 Å². The molecule has 0 bridgehead atoms. The smallest absolute Gasteiger partial charge is 0.0702 e. The molecule has 1 aliphatic heterocycles. The Balaban J connectivity index is 2.34. The lowest BCUT2D eigenvalue weighted by Gasteiger charge is -1.99. The Morgan fingerprint density at radius 2 is 2.40 bits per heavy atom. The van der Waals surface area contributed by atoms with Gasteiger partial charge in [0.2, 0.25) is 0 Å². The fourth-order valence-corrected chi connectivity index (χ4v) is 2.42. The van der Waals surface area contributed by atoms with Crippen molar-refractivity contribution >= 4 is 27.3 Å². The number of hydrogen-bond donors (Lipinski definition) is 1. The molecule has 0 aromatic carbocycles. The van der Waals surface area contributed by atoms with Gasteiger partial charge >= 0.3 is 0 Å². The van der Waals surface area contributed by atoms with E-state index in [4.69, 9.17) is 0 Å². The molecule has 2 heterocycles. The molecule has 10 heavy (non-hydrogen) atoms. The molecule has 2 rings (SSSR count). The van der Waals surface area contributed by atoms with Gasteiger partial charge in [-0.25, -0.2) is 0 Å². The average Bonchev–Trinajstić information content (AvgIpc) is 2.45. The number of thiophene rings is 1. The lowest BCUT2D eigenvalue weighted by Crippen LogP contribution is -2.02. The quantitative estimate of drug-likeness (QED) is 0.718. The fraction of sp³-hybridized carbons (Fsp3) is 0.429. The number of nitrogens with one attached hydrogen (secondary N) is 1. The molecular weight excluding hydrogens is 210 g/mol. The molecule has 1 fully saturated rings. The Labute approximate surface area is 72.6 Å². The topological polar surface area (TPSA) is 21.9 Å². The van der Waals surface area contributed by atoms with Gasteiger partial charge in [0, 0.05) is 11.4 Å². The zero-order valence-corrected chi connectivity index (χ0v) is 8.05. The summed E-state index contributed by atoms with van der Waals surface area (Å²) in [6.45, 7) is 3.35. The number of rotatable bonds is 1. The van der Waals surface area contributed by atoms with Crippen LogP contribution in [0.5, 0.6) is 0 Å². The molecule has 1 atom stereocenters. The maximum absolute atomic E-state index is 3.44. The van der Waals surface area contributed by atoms with Gasteiger partial charge in [-0.2, -0.15) is 0 Å². The highest BCUT2D eigenvalue weighted by atomic mass is 79.9. The van der Waals surface area contributed by atoms with E-state index in [1.54, 1.807) is 0 Å². The summed E-state index contributed by atoms with van der Waals surface area (Å²) in [5.41, 5.74) is 0.302. The predicted molar refractivity (Wildman–Crippen MR) is 47.4 cm³/mol. The van der Waals surface area contributed by atoms with Gasteiger partial charge in [0.15, 0.2) is 0 Å². The van der Waals surface area contributed by atoms with Crippen LogP contribution in [0.3, 0.4) is 0 Å². The molecule has 1 aliphatic rings. The Bertz CT molecular complexity index is 252. The molecule has 0 saturated carbocycles. The molecule has 0 spiro atoms. The summed E-state index contributed by atoms with van der Waals surface area (Å²) in [6.07, 6.45) is 0. The predicted octanol–water partition coefficient (Wildman–Crippen LogP) is 2.33. The molecule has 1 aromatic heterocycles. The maximum atomic E-state index is 3.44. The van der Waals surface area contributed by atoms with E-state index in [0.29, 0.717) is 5.54 Å². The van der Waals surface area contributed by atoms with Gasteiger partial charge in [-0.1, -0.05) is 0 Å². The van der Waals surface area contributed by atoms with E-state index in [1.807, 2.05) is 11.3 Å². The maximum Gasteiger partial charge on any atom is 0.0702 e. The summed E-state index contributed by atoms with van der Waals surface area (Å²) >= 11 is 5.25. The average molecular weight is 218 g/mol. The standard InChI is InChI=1S/C7H8BrNS/c1-7(4-9-7)5-2-3-6(8)10-5/h2-3,9H,4H2,1H3. The highest BCUT2D eigenvalue weighted by Crippen LogP contribution is 2.36. The normalized spacial score (nSPS) is 30.6. The molecule has 1 unspecified atom stereocenters. The van der Waals surface area contributed by atoms with Crippen LogP contribution in [0.1, 0.15) is 11.8 Å². The molecular formula is C7H8BrNS. The van der Waals surface area contributed by atoms with Crippen molar-refractivity contribution in [1.82, 2.24) is 5.32 Å². The summed E-state index contributed by atoms with van der Waals surface area (Å²) in [7, 11) is 0. The van der Waals surface area contributed by atoms with Gasteiger partial charge in [-0.15, -0.1) is 11.3 Å². The SMILES string of the molecule is CC1(c2ccc(Br)s2)CN1. The third kappa shape index (κ3) is 1.02. The summed E-state index contributed by atoms with van der Waals surface area (Å²) in [5.74, 6) is 0. The van der Waals surface area contributed by atoms with E-state index in [1.165, 1.54) is 8.66 Å². The van der Waals surface area contributed by atoms with Crippen molar-refractivity contribution in [3.8, 4) is 0 Å². The van der Waals surface area contributed by atoms with Crippen molar-refractivity contribution in [2.75, 3.05) is 6.54 Å². The van der Waals surface area contributed by atoms with Crippen LogP contribution < -0.4 is 5.32 Å². The van der Waals surface area contributed by atoms with Gasteiger partial charge < -0.3 is 5.32 Å². The molecule has 3 heteroatoms. The van der Waals surface area contributed by atoms with Gasteiger partial charge in [-0.3, -0.25) is 0 Å². The van der Waals surface area contributed by atoms with Crippen LogP contribution in [0.25, 0.3) is 0 Å². The van der Waals surface area contributed by atoms with Gasteiger partial charge in [0.1, 0.15) is 0 Å².